The van der Waals surface area contributed by atoms with Crippen molar-refractivity contribution in [3.63, 3.8) is 0 Å². The van der Waals surface area contributed by atoms with E-state index in [9.17, 15) is 0 Å². The molecule has 76 valence electrons. The van der Waals surface area contributed by atoms with Crippen molar-refractivity contribution in [3.05, 3.63) is 21.9 Å². The van der Waals surface area contributed by atoms with E-state index in [0.29, 0.717) is 0 Å². The lowest BCUT2D eigenvalue weighted by Crippen LogP contribution is -2.26. The van der Waals surface area contributed by atoms with Gasteiger partial charge >= 0.3 is 0 Å². The Balaban J connectivity index is 2.71. The molecule has 1 rings (SSSR count). The smallest absolute Gasteiger partial charge is 0.130 e. The van der Waals surface area contributed by atoms with Crippen molar-refractivity contribution >= 4 is 45.6 Å². The summed E-state index contributed by atoms with van der Waals surface area (Å²) in [5, 5.41) is 3.13. The van der Waals surface area contributed by atoms with Gasteiger partial charge < -0.3 is 5.32 Å². The maximum Gasteiger partial charge on any atom is 0.130 e. The van der Waals surface area contributed by atoms with Crippen molar-refractivity contribution in [1.29, 1.82) is 0 Å². The van der Waals surface area contributed by atoms with Gasteiger partial charge in [0.2, 0.25) is 0 Å². The molecule has 0 amide bonds. The minimum atomic E-state index is -0.0139. The number of hydrogen-bond acceptors (Lipinski definition) is 2. The van der Waals surface area contributed by atoms with Gasteiger partial charge in [-0.3, -0.25) is 0 Å². The van der Waals surface area contributed by atoms with E-state index in [4.69, 9.17) is 12.2 Å². The zero-order chi connectivity index (χ0) is 10.8. The summed E-state index contributed by atoms with van der Waals surface area (Å²) in [5.41, 5.74) is -0.0139. The second kappa shape index (κ2) is 4.53. The zero-order valence-corrected chi connectivity index (χ0v) is 11.4. The molecule has 0 radical (unpaired) electrons. The molecule has 0 aromatic carbocycles. The first kappa shape index (κ1) is 11.8. The first-order valence-corrected chi connectivity index (χ1v) is 5.81. The van der Waals surface area contributed by atoms with Crippen LogP contribution in [0.25, 0.3) is 0 Å². The maximum atomic E-state index is 5.25. The summed E-state index contributed by atoms with van der Waals surface area (Å²) in [6.45, 7) is 6.24. The molecule has 0 unspecified atom stereocenters. The van der Waals surface area contributed by atoms with Gasteiger partial charge in [0.15, 0.2) is 0 Å². The molecule has 4 heteroatoms. The fourth-order valence-corrected chi connectivity index (χ4v) is 1.18. The molecule has 0 aliphatic rings. The van der Waals surface area contributed by atoms with E-state index in [0.717, 1.165) is 14.4 Å². The Morgan fingerprint density at radius 2 is 2.07 bits per heavy atom. The third-order valence-corrected chi connectivity index (χ3v) is 3.00. The van der Waals surface area contributed by atoms with E-state index < -0.39 is 0 Å². The molecule has 0 aliphatic heterocycles. The summed E-state index contributed by atoms with van der Waals surface area (Å²) in [4.78, 5) is 5.04. The van der Waals surface area contributed by atoms with Crippen molar-refractivity contribution < 1.29 is 0 Å². The fraction of sp³-hybridized carbons (Fsp3) is 0.400. The first-order valence-electron chi connectivity index (χ1n) is 4.32. The van der Waals surface area contributed by atoms with Crippen molar-refractivity contribution in [2.24, 2.45) is 5.41 Å². The van der Waals surface area contributed by atoms with Crippen LogP contribution in [0.4, 0.5) is 5.82 Å². The van der Waals surface area contributed by atoms with Crippen LogP contribution in [-0.4, -0.2) is 9.97 Å². The van der Waals surface area contributed by atoms with Gasteiger partial charge in [0.25, 0.3) is 0 Å². The van der Waals surface area contributed by atoms with Crippen LogP contribution in [0, 0.1) is 8.99 Å². The molecule has 0 fully saturated rings. The molecular weight excluding hydrogens is 307 g/mol. The first-order chi connectivity index (χ1) is 6.39. The number of halogens is 1. The molecule has 1 heterocycles. The van der Waals surface area contributed by atoms with Gasteiger partial charge in [-0.25, -0.2) is 4.98 Å². The molecule has 1 aromatic heterocycles. The minimum Gasteiger partial charge on any atom is -0.334 e. The highest BCUT2D eigenvalue weighted by Crippen LogP contribution is 2.18. The van der Waals surface area contributed by atoms with Crippen LogP contribution in [0.15, 0.2) is 18.3 Å². The number of nitrogens with zero attached hydrogens (tertiary/aromatic N) is 1. The number of anilines is 1. The third kappa shape index (κ3) is 3.49. The van der Waals surface area contributed by atoms with Crippen LogP contribution in [0.5, 0.6) is 0 Å². The number of pyridine rings is 1. The summed E-state index contributed by atoms with van der Waals surface area (Å²) in [7, 11) is 0. The number of aromatic nitrogens is 1. The molecule has 0 bridgehead atoms. The Kier molecular flexibility index (Phi) is 3.83. The van der Waals surface area contributed by atoms with E-state index in [1.54, 1.807) is 0 Å². The van der Waals surface area contributed by atoms with Gasteiger partial charge in [0.1, 0.15) is 5.82 Å². The van der Waals surface area contributed by atoms with Gasteiger partial charge in [0.05, 0.1) is 4.99 Å². The van der Waals surface area contributed by atoms with Crippen LogP contribution in [0.2, 0.25) is 0 Å². The molecule has 2 nitrogen and oxygen atoms in total. The molecule has 0 spiro atoms. The Morgan fingerprint density at radius 1 is 1.43 bits per heavy atom. The highest BCUT2D eigenvalue weighted by atomic mass is 127. The molecule has 0 aliphatic carbocycles. The normalized spacial score (nSPS) is 11.1. The van der Waals surface area contributed by atoms with E-state index >= 15 is 0 Å². The lowest BCUT2D eigenvalue weighted by Gasteiger charge is -2.20. The highest BCUT2D eigenvalue weighted by molar-refractivity contribution is 14.1. The second-order valence-electron chi connectivity index (χ2n) is 4.07. The lowest BCUT2D eigenvalue weighted by molar-refractivity contribution is 0.599. The molecule has 0 saturated carbocycles. The Morgan fingerprint density at radius 3 is 2.50 bits per heavy atom. The van der Waals surface area contributed by atoms with Crippen molar-refractivity contribution in [1.82, 2.24) is 4.98 Å². The van der Waals surface area contributed by atoms with Crippen LogP contribution in [0.3, 0.4) is 0 Å². The van der Waals surface area contributed by atoms with Crippen molar-refractivity contribution in [3.8, 4) is 0 Å². The van der Waals surface area contributed by atoms with Crippen LogP contribution in [-0.2, 0) is 0 Å². The number of rotatable bonds is 1. The van der Waals surface area contributed by atoms with Crippen LogP contribution < -0.4 is 5.32 Å². The van der Waals surface area contributed by atoms with Gasteiger partial charge in [-0.2, -0.15) is 0 Å². The lowest BCUT2D eigenvalue weighted by atomic mass is 9.97. The standard InChI is InChI=1S/C10H13IN2S/c1-10(2,3)9(14)13-8-5-4-7(11)6-12-8/h4-6H,1-3H3,(H,12,13,14). The monoisotopic (exact) mass is 320 g/mol. The highest BCUT2D eigenvalue weighted by Gasteiger charge is 2.16. The number of hydrogen-bond donors (Lipinski definition) is 1. The quantitative estimate of drug-likeness (QED) is 0.633. The molecular formula is C10H13IN2S. The Bertz CT molecular complexity index is 327. The topological polar surface area (TPSA) is 24.9 Å². The fourth-order valence-electron chi connectivity index (χ4n) is 0.754. The number of thiocarbonyl (C=S) groups is 1. The van der Waals surface area contributed by atoms with Crippen molar-refractivity contribution in [2.75, 3.05) is 5.32 Å². The SMILES string of the molecule is CC(C)(C)C(=S)Nc1ccc(I)cn1. The van der Waals surface area contributed by atoms with E-state index in [1.165, 1.54) is 0 Å². The Labute approximate surface area is 104 Å². The van der Waals surface area contributed by atoms with Crippen molar-refractivity contribution in [2.45, 2.75) is 20.8 Å². The van der Waals surface area contributed by atoms with E-state index in [1.807, 2.05) is 18.3 Å². The summed E-state index contributed by atoms with van der Waals surface area (Å²) >= 11 is 7.48. The molecule has 1 N–H and O–H groups in total. The molecule has 14 heavy (non-hydrogen) atoms. The third-order valence-electron chi connectivity index (χ3n) is 1.65. The number of nitrogens with one attached hydrogen (secondary N) is 1. The summed E-state index contributed by atoms with van der Waals surface area (Å²) in [5.74, 6) is 0.811. The predicted molar refractivity (Wildman–Crippen MR) is 72.6 cm³/mol. The average Bonchev–Trinajstić information content (AvgIpc) is 2.07. The van der Waals surface area contributed by atoms with E-state index in [2.05, 4.69) is 53.7 Å². The van der Waals surface area contributed by atoms with Gasteiger partial charge in [-0.05, 0) is 34.7 Å². The molecule has 0 saturated heterocycles. The summed E-state index contributed by atoms with van der Waals surface area (Å²) in [6.07, 6.45) is 1.81. The van der Waals surface area contributed by atoms with Gasteiger partial charge in [-0.1, -0.05) is 33.0 Å². The largest absolute Gasteiger partial charge is 0.334 e. The molecule has 1 aromatic rings. The van der Waals surface area contributed by atoms with E-state index in [-0.39, 0.29) is 5.41 Å². The zero-order valence-electron chi connectivity index (χ0n) is 8.47. The average molecular weight is 320 g/mol. The van der Waals surface area contributed by atoms with Crippen LogP contribution >= 0.6 is 34.8 Å². The minimum absolute atomic E-state index is 0.0139. The summed E-state index contributed by atoms with van der Waals surface area (Å²) in [6, 6.07) is 3.93. The Hall–Kier alpha value is -0.230. The summed E-state index contributed by atoms with van der Waals surface area (Å²) < 4.78 is 1.12. The maximum absolute atomic E-state index is 5.25. The molecule has 0 atom stereocenters. The second-order valence-corrected chi connectivity index (χ2v) is 5.72. The van der Waals surface area contributed by atoms with Gasteiger partial charge in [0, 0.05) is 15.2 Å². The van der Waals surface area contributed by atoms with Gasteiger partial charge in [-0.15, -0.1) is 0 Å². The predicted octanol–water partition coefficient (Wildman–Crippen LogP) is 3.47. The van der Waals surface area contributed by atoms with Crippen LogP contribution in [0.1, 0.15) is 20.8 Å².